The number of aldehydes is 1. The number of aliphatic hydroxyl groups is 1. The van der Waals surface area contributed by atoms with Crippen LogP contribution in [-0.2, 0) is 4.79 Å². The van der Waals surface area contributed by atoms with E-state index in [-0.39, 0.29) is 24.3 Å². The number of unbranched alkanes of at least 4 members (excludes halogenated alkanes) is 1. The third-order valence-electron chi connectivity index (χ3n) is 2.33. The molecule has 0 saturated heterocycles. The van der Waals surface area contributed by atoms with Gasteiger partial charge in [-0.25, -0.2) is 0 Å². The fourth-order valence-corrected chi connectivity index (χ4v) is 1.39. The number of carbonyl (C=O) groups is 2. The molecular weight excluding hydrogens is 254 g/mol. The number of nitro groups is 1. The molecule has 0 radical (unpaired) electrons. The highest BCUT2D eigenvalue weighted by atomic mass is 16.6. The monoisotopic (exact) mass is 267 g/mol. The number of hydrogen-bond acceptors (Lipinski definition) is 6. The summed E-state index contributed by atoms with van der Waals surface area (Å²) in [5.41, 5.74) is -0.299. The number of ether oxygens (including phenoxy) is 1. The fraction of sp³-hybridized carbons (Fsp3) is 0.333. The van der Waals surface area contributed by atoms with Gasteiger partial charge in [-0.2, -0.15) is 0 Å². The zero-order valence-corrected chi connectivity index (χ0v) is 10.1. The van der Waals surface area contributed by atoms with Crippen LogP contribution in [0.5, 0.6) is 5.75 Å². The molecule has 0 atom stereocenters. The molecule has 0 aliphatic heterocycles. The van der Waals surface area contributed by atoms with Crippen LogP contribution in [-0.4, -0.2) is 28.9 Å². The Hall–Kier alpha value is -2.28. The van der Waals surface area contributed by atoms with E-state index in [1.165, 1.54) is 12.1 Å². The van der Waals surface area contributed by atoms with Crippen LogP contribution >= 0.6 is 0 Å². The van der Waals surface area contributed by atoms with Gasteiger partial charge < -0.3 is 9.84 Å². The highest BCUT2D eigenvalue weighted by molar-refractivity contribution is 5.79. The lowest BCUT2D eigenvalue weighted by atomic mass is 10.2. The maximum atomic E-state index is 11.4. The van der Waals surface area contributed by atoms with Gasteiger partial charge in [-0.3, -0.25) is 19.7 Å². The van der Waals surface area contributed by atoms with Crippen LogP contribution in [0.15, 0.2) is 18.2 Å². The second-order valence-electron chi connectivity index (χ2n) is 3.76. The third kappa shape index (κ3) is 4.47. The number of nitrogens with zero attached hydrogens (tertiary/aromatic N) is 1. The van der Waals surface area contributed by atoms with E-state index >= 15 is 0 Å². The van der Waals surface area contributed by atoms with Crippen molar-refractivity contribution in [1.82, 2.24) is 0 Å². The zero-order chi connectivity index (χ0) is 14.3. The van der Waals surface area contributed by atoms with E-state index in [9.17, 15) is 19.7 Å². The predicted molar refractivity (Wildman–Crippen MR) is 65.1 cm³/mol. The Morgan fingerprint density at radius 1 is 1.42 bits per heavy atom. The van der Waals surface area contributed by atoms with Crippen LogP contribution in [0.1, 0.15) is 29.6 Å². The van der Waals surface area contributed by atoms with Gasteiger partial charge in [0.25, 0.3) is 0 Å². The molecule has 1 N–H and O–H groups in total. The summed E-state index contributed by atoms with van der Waals surface area (Å²) in [5, 5.41) is 19.4. The van der Waals surface area contributed by atoms with Gasteiger partial charge in [0.1, 0.15) is 6.29 Å². The van der Waals surface area contributed by atoms with E-state index < -0.39 is 16.6 Å². The van der Waals surface area contributed by atoms with E-state index in [1.807, 2.05) is 0 Å². The average Bonchev–Trinajstić information content (AvgIpc) is 2.39. The molecule has 0 unspecified atom stereocenters. The summed E-state index contributed by atoms with van der Waals surface area (Å²) in [4.78, 5) is 32.0. The van der Waals surface area contributed by atoms with Crippen LogP contribution in [0.3, 0.4) is 0 Å². The van der Waals surface area contributed by atoms with E-state index in [2.05, 4.69) is 0 Å². The molecule has 0 aliphatic carbocycles. The number of hydrogen-bond donors (Lipinski definition) is 1. The van der Waals surface area contributed by atoms with E-state index in [0.717, 1.165) is 6.07 Å². The minimum Gasteiger partial charge on any atom is -0.419 e. The molecule has 0 aliphatic rings. The van der Waals surface area contributed by atoms with Crippen molar-refractivity contribution in [3.05, 3.63) is 33.9 Å². The van der Waals surface area contributed by atoms with Gasteiger partial charge in [0.15, 0.2) is 0 Å². The van der Waals surface area contributed by atoms with E-state index in [1.54, 1.807) is 0 Å². The van der Waals surface area contributed by atoms with Crippen molar-refractivity contribution in [2.24, 2.45) is 0 Å². The van der Waals surface area contributed by atoms with Gasteiger partial charge >= 0.3 is 11.7 Å². The molecule has 0 amide bonds. The first-order valence-corrected chi connectivity index (χ1v) is 5.63. The number of rotatable bonds is 7. The minimum absolute atomic E-state index is 0.0263. The Balaban J connectivity index is 2.79. The van der Waals surface area contributed by atoms with Gasteiger partial charge in [0, 0.05) is 24.7 Å². The van der Waals surface area contributed by atoms with Crippen molar-refractivity contribution >= 4 is 17.9 Å². The van der Waals surface area contributed by atoms with Gasteiger partial charge in [-0.05, 0) is 25.0 Å². The molecule has 7 nitrogen and oxygen atoms in total. The average molecular weight is 267 g/mol. The van der Waals surface area contributed by atoms with Crippen LogP contribution in [0.4, 0.5) is 5.69 Å². The Morgan fingerprint density at radius 3 is 2.74 bits per heavy atom. The molecular formula is C12H13NO6. The van der Waals surface area contributed by atoms with Crippen LogP contribution < -0.4 is 4.74 Å². The molecule has 1 aromatic rings. The Bertz CT molecular complexity index is 485. The van der Waals surface area contributed by atoms with Crippen molar-refractivity contribution < 1.29 is 24.4 Å². The van der Waals surface area contributed by atoms with Crippen molar-refractivity contribution in [2.45, 2.75) is 19.3 Å². The standard InChI is InChI=1S/C12H13NO6/c14-6-2-1-3-12(16)19-11-5-4-9(8-15)7-10(11)13(17)18/h4-5,7-8,14H,1-3,6H2. The largest absolute Gasteiger partial charge is 0.419 e. The van der Waals surface area contributed by atoms with Crippen LogP contribution in [0, 0.1) is 10.1 Å². The molecule has 0 fully saturated rings. The Morgan fingerprint density at radius 2 is 2.16 bits per heavy atom. The zero-order valence-electron chi connectivity index (χ0n) is 10.1. The predicted octanol–water partition coefficient (Wildman–Crippen LogP) is 1.48. The first-order chi connectivity index (χ1) is 9.08. The third-order valence-corrected chi connectivity index (χ3v) is 2.33. The number of carbonyl (C=O) groups excluding carboxylic acids is 2. The summed E-state index contributed by atoms with van der Waals surface area (Å²) < 4.78 is 4.87. The maximum Gasteiger partial charge on any atom is 0.312 e. The Labute approximate surface area is 109 Å². The van der Waals surface area contributed by atoms with Crippen molar-refractivity contribution in [2.75, 3.05) is 6.61 Å². The minimum atomic E-state index is -0.719. The highest BCUT2D eigenvalue weighted by Gasteiger charge is 2.18. The summed E-state index contributed by atoms with van der Waals surface area (Å²) in [7, 11) is 0. The lowest BCUT2D eigenvalue weighted by Gasteiger charge is -2.05. The lowest BCUT2D eigenvalue weighted by Crippen LogP contribution is -2.09. The first kappa shape index (κ1) is 14.8. The number of benzene rings is 1. The molecule has 0 heterocycles. The molecule has 1 aromatic carbocycles. The molecule has 0 aromatic heterocycles. The van der Waals surface area contributed by atoms with Gasteiger partial charge in [-0.15, -0.1) is 0 Å². The Kier molecular flexibility index (Phi) is 5.62. The quantitative estimate of drug-likeness (QED) is 0.200. The number of aliphatic hydroxyl groups excluding tert-OH is 1. The molecule has 19 heavy (non-hydrogen) atoms. The second-order valence-corrected chi connectivity index (χ2v) is 3.76. The molecule has 7 heteroatoms. The van der Waals surface area contributed by atoms with E-state index in [4.69, 9.17) is 9.84 Å². The molecule has 102 valence electrons. The van der Waals surface area contributed by atoms with Gasteiger partial charge in [0.2, 0.25) is 5.75 Å². The van der Waals surface area contributed by atoms with Crippen molar-refractivity contribution in [1.29, 1.82) is 0 Å². The molecule has 0 spiro atoms. The van der Waals surface area contributed by atoms with Crippen molar-refractivity contribution in [3.63, 3.8) is 0 Å². The summed E-state index contributed by atoms with van der Waals surface area (Å²) in [5.74, 6) is -0.806. The second kappa shape index (κ2) is 7.22. The SMILES string of the molecule is O=Cc1ccc(OC(=O)CCCCO)c([N+](=O)[O-])c1. The molecule has 0 saturated carbocycles. The summed E-state index contributed by atoms with van der Waals surface area (Å²) in [6, 6.07) is 3.59. The number of nitro benzene ring substituents is 1. The van der Waals surface area contributed by atoms with Gasteiger partial charge in [-0.1, -0.05) is 0 Å². The first-order valence-electron chi connectivity index (χ1n) is 5.63. The number of esters is 1. The van der Waals surface area contributed by atoms with Crippen molar-refractivity contribution in [3.8, 4) is 5.75 Å². The molecule has 0 bridgehead atoms. The van der Waals surface area contributed by atoms with E-state index in [0.29, 0.717) is 19.1 Å². The molecule has 1 rings (SSSR count). The fourth-order valence-electron chi connectivity index (χ4n) is 1.39. The maximum absolute atomic E-state index is 11.4. The summed E-state index contributed by atoms with van der Waals surface area (Å²) >= 11 is 0. The van der Waals surface area contributed by atoms with Crippen LogP contribution in [0.2, 0.25) is 0 Å². The van der Waals surface area contributed by atoms with Crippen LogP contribution in [0.25, 0.3) is 0 Å². The smallest absolute Gasteiger partial charge is 0.312 e. The normalized spacial score (nSPS) is 9.95. The topological polar surface area (TPSA) is 107 Å². The summed E-state index contributed by atoms with van der Waals surface area (Å²) in [6.45, 7) is -0.0263. The highest BCUT2D eigenvalue weighted by Crippen LogP contribution is 2.27. The van der Waals surface area contributed by atoms with Gasteiger partial charge in [0.05, 0.1) is 4.92 Å². The summed E-state index contributed by atoms with van der Waals surface area (Å²) in [6.07, 6.45) is 1.43. The lowest BCUT2D eigenvalue weighted by molar-refractivity contribution is -0.385.